The molecule has 0 nitrogen and oxygen atoms in total. The predicted octanol–water partition coefficient (Wildman–Crippen LogP) is 4.74. The largest absolute Gasteiger partial charge is 0.0833 e. The molecule has 0 aliphatic heterocycles. The van der Waals surface area contributed by atoms with Crippen molar-refractivity contribution in [3.05, 3.63) is 94.2 Å². The molecule has 0 N–H and O–H groups in total. The summed E-state index contributed by atoms with van der Waals surface area (Å²) in [5.74, 6) is 1.10. The molecule has 0 aromatic carbocycles. The molecule has 0 heterocycles. The third-order valence-corrected chi connectivity index (χ3v) is 5.13. The second-order valence-electron chi connectivity index (χ2n) is 6.09. The van der Waals surface area contributed by atoms with Gasteiger partial charge in [-0.1, -0.05) is 66.3 Å². The molecule has 2 unspecified atom stereocenters. The van der Waals surface area contributed by atoms with Gasteiger partial charge in [-0.2, -0.15) is 0 Å². The quantitative estimate of drug-likeness (QED) is 0.587. The van der Waals surface area contributed by atoms with E-state index in [-0.39, 0.29) is 0 Å². The van der Waals surface area contributed by atoms with Crippen molar-refractivity contribution in [2.24, 2.45) is 11.8 Å². The van der Waals surface area contributed by atoms with Gasteiger partial charge in [0, 0.05) is 11.8 Å². The zero-order valence-corrected chi connectivity index (χ0v) is 11.3. The van der Waals surface area contributed by atoms with Crippen molar-refractivity contribution in [2.45, 2.75) is 12.8 Å². The van der Waals surface area contributed by atoms with Gasteiger partial charge in [-0.3, -0.25) is 0 Å². The molecule has 5 aliphatic carbocycles. The first kappa shape index (κ1) is 10.7. The van der Waals surface area contributed by atoms with Crippen LogP contribution in [0.4, 0.5) is 0 Å². The Morgan fingerprint density at radius 2 is 1.85 bits per heavy atom. The topological polar surface area (TPSA) is 0 Å². The van der Waals surface area contributed by atoms with Crippen LogP contribution < -0.4 is 0 Å². The molecule has 96 valence electrons. The standard InChI is InChI=1S/C20H16/c1-5-13-6-2-11-17-18-12-4-8-14-7-3-10-16(20(14)18)15(9-1)19(13)17/h1-7,9,11-12,16,19H,8,10H2. The van der Waals surface area contributed by atoms with E-state index in [9.17, 15) is 0 Å². The van der Waals surface area contributed by atoms with E-state index in [4.69, 9.17) is 0 Å². The molecule has 0 saturated heterocycles. The highest BCUT2D eigenvalue weighted by Crippen LogP contribution is 2.53. The summed E-state index contributed by atoms with van der Waals surface area (Å²) in [5, 5.41) is 0. The average molecular weight is 256 g/mol. The maximum absolute atomic E-state index is 2.37. The summed E-state index contributed by atoms with van der Waals surface area (Å²) in [5.41, 5.74) is 9.21. The molecule has 0 heteroatoms. The zero-order valence-electron chi connectivity index (χ0n) is 11.3. The van der Waals surface area contributed by atoms with E-state index >= 15 is 0 Å². The summed E-state index contributed by atoms with van der Waals surface area (Å²) in [4.78, 5) is 0. The second-order valence-corrected chi connectivity index (χ2v) is 6.09. The molecule has 5 rings (SSSR count). The minimum absolute atomic E-state index is 0.504. The van der Waals surface area contributed by atoms with Crippen molar-refractivity contribution in [2.75, 3.05) is 0 Å². The molecule has 0 fully saturated rings. The maximum atomic E-state index is 2.37. The van der Waals surface area contributed by atoms with Gasteiger partial charge >= 0.3 is 0 Å². The lowest BCUT2D eigenvalue weighted by Gasteiger charge is -2.42. The lowest BCUT2D eigenvalue weighted by molar-refractivity contribution is 0.609. The van der Waals surface area contributed by atoms with E-state index < -0.39 is 0 Å². The Hall–Kier alpha value is -2.08. The number of fused-ring (bicyclic) bond motifs is 1. The molecule has 0 aromatic heterocycles. The molecule has 0 radical (unpaired) electrons. The minimum atomic E-state index is 0.504. The molecular formula is C20H16. The van der Waals surface area contributed by atoms with E-state index in [1.165, 1.54) is 22.3 Å². The van der Waals surface area contributed by atoms with E-state index in [0.717, 1.165) is 12.8 Å². The Balaban J connectivity index is 1.87. The van der Waals surface area contributed by atoms with Crippen LogP contribution in [-0.4, -0.2) is 0 Å². The van der Waals surface area contributed by atoms with Gasteiger partial charge in [-0.25, -0.2) is 0 Å². The molecule has 2 atom stereocenters. The summed E-state index contributed by atoms with van der Waals surface area (Å²) < 4.78 is 0. The van der Waals surface area contributed by atoms with Gasteiger partial charge in [0.15, 0.2) is 0 Å². The van der Waals surface area contributed by atoms with E-state index in [1.807, 2.05) is 0 Å². The van der Waals surface area contributed by atoms with Crippen LogP contribution in [0, 0.1) is 11.8 Å². The highest BCUT2D eigenvalue weighted by molar-refractivity contribution is 5.68. The van der Waals surface area contributed by atoms with Crippen LogP contribution in [0.1, 0.15) is 12.8 Å². The molecule has 0 bridgehead atoms. The number of hydrogen-bond acceptors (Lipinski definition) is 0. The van der Waals surface area contributed by atoms with Crippen LogP contribution >= 0.6 is 0 Å². The Labute approximate surface area is 119 Å². The average Bonchev–Trinajstić information content (AvgIpc) is 2.52. The number of rotatable bonds is 0. The van der Waals surface area contributed by atoms with Crippen LogP contribution in [0.25, 0.3) is 0 Å². The summed E-state index contributed by atoms with van der Waals surface area (Å²) in [6, 6.07) is 0. The second kappa shape index (κ2) is 3.73. The normalized spacial score (nSPS) is 32.0. The molecule has 0 aromatic rings. The van der Waals surface area contributed by atoms with Crippen molar-refractivity contribution in [3.63, 3.8) is 0 Å². The number of hydrogen-bond donors (Lipinski definition) is 0. The Morgan fingerprint density at radius 1 is 0.900 bits per heavy atom. The maximum Gasteiger partial charge on any atom is 0.0314 e. The van der Waals surface area contributed by atoms with E-state index in [1.54, 1.807) is 11.1 Å². The van der Waals surface area contributed by atoms with Gasteiger partial charge in [0.25, 0.3) is 0 Å². The van der Waals surface area contributed by atoms with Gasteiger partial charge in [0.2, 0.25) is 0 Å². The van der Waals surface area contributed by atoms with Crippen LogP contribution in [-0.2, 0) is 0 Å². The van der Waals surface area contributed by atoms with Gasteiger partial charge in [0.05, 0.1) is 0 Å². The predicted molar refractivity (Wildman–Crippen MR) is 83.0 cm³/mol. The molecule has 0 amide bonds. The fourth-order valence-corrected chi connectivity index (χ4v) is 4.35. The first-order valence-electron chi connectivity index (χ1n) is 7.50. The minimum Gasteiger partial charge on any atom is -0.0833 e. The fourth-order valence-electron chi connectivity index (χ4n) is 4.35. The molecule has 5 aliphatic rings. The van der Waals surface area contributed by atoms with E-state index in [0.29, 0.717) is 11.8 Å². The third-order valence-electron chi connectivity index (χ3n) is 5.13. The summed E-state index contributed by atoms with van der Waals surface area (Å²) in [6.07, 6.45) is 25.4. The lowest BCUT2D eigenvalue weighted by Crippen LogP contribution is -2.29. The molecule has 0 saturated carbocycles. The van der Waals surface area contributed by atoms with Crippen LogP contribution in [0.15, 0.2) is 94.2 Å². The van der Waals surface area contributed by atoms with Gasteiger partial charge in [0.1, 0.15) is 0 Å². The monoisotopic (exact) mass is 256 g/mol. The SMILES string of the molecule is C1=CC2=CC=CC3=C4C=CCC5=C4C(CC=C5)C(=C1)C23. The first-order valence-corrected chi connectivity index (χ1v) is 7.50. The van der Waals surface area contributed by atoms with Crippen molar-refractivity contribution in [1.82, 2.24) is 0 Å². The summed E-state index contributed by atoms with van der Waals surface area (Å²) >= 11 is 0. The van der Waals surface area contributed by atoms with Crippen LogP contribution in [0.3, 0.4) is 0 Å². The summed E-state index contributed by atoms with van der Waals surface area (Å²) in [6.45, 7) is 0. The molecule has 20 heavy (non-hydrogen) atoms. The van der Waals surface area contributed by atoms with Crippen LogP contribution in [0.5, 0.6) is 0 Å². The lowest BCUT2D eigenvalue weighted by atomic mass is 9.61. The fraction of sp³-hybridized carbons (Fsp3) is 0.200. The van der Waals surface area contributed by atoms with Crippen molar-refractivity contribution < 1.29 is 0 Å². The van der Waals surface area contributed by atoms with Crippen LogP contribution in [0.2, 0.25) is 0 Å². The highest BCUT2D eigenvalue weighted by atomic mass is 14.4. The molecular weight excluding hydrogens is 240 g/mol. The van der Waals surface area contributed by atoms with Gasteiger partial charge < -0.3 is 0 Å². The van der Waals surface area contributed by atoms with Crippen molar-refractivity contribution in [1.29, 1.82) is 0 Å². The first-order chi connectivity index (χ1) is 9.93. The van der Waals surface area contributed by atoms with Crippen molar-refractivity contribution >= 4 is 0 Å². The Bertz CT molecular complexity index is 754. The van der Waals surface area contributed by atoms with Gasteiger partial charge in [-0.15, -0.1) is 0 Å². The van der Waals surface area contributed by atoms with E-state index in [2.05, 4.69) is 60.8 Å². The van der Waals surface area contributed by atoms with Crippen molar-refractivity contribution in [3.8, 4) is 0 Å². The molecule has 0 spiro atoms. The van der Waals surface area contributed by atoms with Gasteiger partial charge in [-0.05, 0) is 40.7 Å². The summed E-state index contributed by atoms with van der Waals surface area (Å²) in [7, 11) is 0. The Morgan fingerprint density at radius 3 is 2.85 bits per heavy atom. The smallest absolute Gasteiger partial charge is 0.0314 e. The number of allylic oxidation sites excluding steroid dienone is 16. The third kappa shape index (κ3) is 1.22. The highest BCUT2D eigenvalue weighted by Gasteiger charge is 2.39. The Kier molecular flexibility index (Phi) is 1.99. The zero-order chi connectivity index (χ0) is 13.1.